The maximum absolute atomic E-state index is 5.96. The molecule has 0 aliphatic carbocycles. The minimum Gasteiger partial charge on any atom is -0.431 e. The summed E-state index contributed by atoms with van der Waals surface area (Å²) in [5.41, 5.74) is 1.98. The van der Waals surface area contributed by atoms with Crippen molar-refractivity contribution in [3.05, 3.63) is 47.1 Å². The molecule has 0 N–H and O–H groups in total. The maximum atomic E-state index is 5.96. The fourth-order valence-corrected chi connectivity index (χ4v) is 4.64. The van der Waals surface area contributed by atoms with Gasteiger partial charge in [0, 0.05) is 37.3 Å². The van der Waals surface area contributed by atoms with Crippen molar-refractivity contribution in [3.8, 4) is 10.9 Å². The van der Waals surface area contributed by atoms with Gasteiger partial charge in [0.1, 0.15) is 5.75 Å². The van der Waals surface area contributed by atoms with Gasteiger partial charge in [-0.25, -0.2) is 4.98 Å². The molecule has 1 aliphatic heterocycles. The molecular formula is C17H16ClN3OS2. The summed E-state index contributed by atoms with van der Waals surface area (Å²) >= 11 is 9.44. The summed E-state index contributed by atoms with van der Waals surface area (Å²) < 4.78 is 6.78. The van der Waals surface area contributed by atoms with Gasteiger partial charge in [-0.2, -0.15) is 16.7 Å². The number of rotatable bonds is 4. The van der Waals surface area contributed by atoms with Crippen molar-refractivity contribution in [2.45, 2.75) is 6.54 Å². The maximum Gasteiger partial charge on any atom is 0.281 e. The van der Waals surface area contributed by atoms with Crippen LogP contribution in [0.2, 0.25) is 5.02 Å². The molecule has 0 saturated carbocycles. The van der Waals surface area contributed by atoms with Gasteiger partial charge in [0.15, 0.2) is 5.65 Å². The van der Waals surface area contributed by atoms with E-state index in [0.29, 0.717) is 15.9 Å². The second-order valence-electron chi connectivity index (χ2n) is 5.59. The molecule has 24 heavy (non-hydrogen) atoms. The molecule has 124 valence electrons. The van der Waals surface area contributed by atoms with Crippen LogP contribution in [0.3, 0.4) is 0 Å². The zero-order valence-corrected chi connectivity index (χ0v) is 15.3. The summed E-state index contributed by atoms with van der Waals surface area (Å²) in [5.74, 6) is 3.26. The fourth-order valence-electron chi connectivity index (χ4n) is 2.60. The Kier molecular flexibility index (Phi) is 4.89. The van der Waals surface area contributed by atoms with E-state index in [9.17, 15) is 0 Å². The number of hydrogen-bond acceptors (Lipinski definition) is 6. The van der Waals surface area contributed by atoms with Gasteiger partial charge in [-0.05, 0) is 23.8 Å². The molecule has 1 aromatic carbocycles. The van der Waals surface area contributed by atoms with Crippen LogP contribution in [0.1, 0.15) is 5.56 Å². The van der Waals surface area contributed by atoms with Crippen LogP contribution in [0.5, 0.6) is 10.9 Å². The van der Waals surface area contributed by atoms with Gasteiger partial charge in [0.05, 0.1) is 9.72 Å². The lowest BCUT2D eigenvalue weighted by atomic mass is 10.2. The SMILES string of the molecule is Clc1cnc2nc(Oc3ccc(CN4CCSCC4)cc3)sc2c1. The normalized spacial score (nSPS) is 15.7. The zero-order valence-electron chi connectivity index (χ0n) is 12.9. The highest BCUT2D eigenvalue weighted by molar-refractivity contribution is 7.99. The van der Waals surface area contributed by atoms with Crippen molar-refractivity contribution in [3.63, 3.8) is 0 Å². The van der Waals surface area contributed by atoms with Crippen LogP contribution < -0.4 is 4.74 Å². The topological polar surface area (TPSA) is 38.3 Å². The first kappa shape index (κ1) is 16.1. The van der Waals surface area contributed by atoms with Gasteiger partial charge in [0.2, 0.25) is 0 Å². The first-order valence-electron chi connectivity index (χ1n) is 7.75. The van der Waals surface area contributed by atoms with E-state index in [1.807, 2.05) is 30.0 Å². The largest absolute Gasteiger partial charge is 0.431 e. The quantitative estimate of drug-likeness (QED) is 0.659. The molecule has 2 aromatic heterocycles. The second-order valence-corrected chi connectivity index (χ2v) is 8.24. The summed E-state index contributed by atoms with van der Waals surface area (Å²) in [6.45, 7) is 3.35. The molecule has 0 spiro atoms. The highest BCUT2D eigenvalue weighted by atomic mass is 35.5. The van der Waals surface area contributed by atoms with Crippen LogP contribution in [0.25, 0.3) is 10.3 Å². The molecular weight excluding hydrogens is 362 g/mol. The number of hydrogen-bond donors (Lipinski definition) is 0. The van der Waals surface area contributed by atoms with E-state index in [2.05, 4.69) is 27.0 Å². The molecule has 1 saturated heterocycles. The molecule has 0 radical (unpaired) electrons. The third-order valence-corrected chi connectivity index (χ3v) is 5.85. The monoisotopic (exact) mass is 377 g/mol. The number of halogens is 1. The van der Waals surface area contributed by atoms with Crippen LogP contribution in [-0.4, -0.2) is 39.5 Å². The summed E-state index contributed by atoms with van der Waals surface area (Å²) in [7, 11) is 0. The number of thiazole rings is 1. The van der Waals surface area contributed by atoms with E-state index in [1.54, 1.807) is 6.20 Å². The van der Waals surface area contributed by atoms with Crippen molar-refractivity contribution in [2.24, 2.45) is 0 Å². The van der Waals surface area contributed by atoms with E-state index in [0.717, 1.165) is 17.0 Å². The van der Waals surface area contributed by atoms with Crippen molar-refractivity contribution in [1.82, 2.24) is 14.9 Å². The van der Waals surface area contributed by atoms with E-state index in [4.69, 9.17) is 16.3 Å². The second kappa shape index (κ2) is 7.27. The summed E-state index contributed by atoms with van der Waals surface area (Å²) in [6, 6.07) is 10.1. The van der Waals surface area contributed by atoms with Gasteiger partial charge in [0.25, 0.3) is 5.19 Å². The Morgan fingerprint density at radius 3 is 2.75 bits per heavy atom. The number of pyridine rings is 1. The van der Waals surface area contributed by atoms with Crippen molar-refractivity contribution < 1.29 is 4.74 Å². The van der Waals surface area contributed by atoms with Crippen molar-refractivity contribution in [1.29, 1.82) is 0 Å². The first-order valence-corrected chi connectivity index (χ1v) is 10.1. The third kappa shape index (κ3) is 3.83. The summed E-state index contributed by atoms with van der Waals surface area (Å²) in [5, 5.41) is 1.19. The molecule has 3 heterocycles. The van der Waals surface area contributed by atoms with Crippen LogP contribution >= 0.6 is 34.7 Å². The van der Waals surface area contributed by atoms with E-state index >= 15 is 0 Å². The molecule has 1 fully saturated rings. The Bertz CT molecular complexity index is 831. The Labute approximate surface area is 153 Å². The summed E-state index contributed by atoms with van der Waals surface area (Å²) in [4.78, 5) is 11.1. The lowest BCUT2D eigenvalue weighted by Gasteiger charge is -2.26. The lowest BCUT2D eigenvalue weighted by molar-refractivity contribution is 0.294. The minimum atomic E-state index is 0.584. The zero-order chi connectivity index (χ0) is 16.4. The molecule has 0 atom stereocenters. The number of aromatic nitrogens is 2. The number of ether oxygens (including phenoxy) is 1. The van der Waals surface area contributed by atoms with Gasteiger partial charge in [-0.15, -0.1) is 0 Å². The number of benzene rings is 1. The Hall–Kier alpha value is -1.34. The lowest BCUT2D eigenvalue weighted by Crippen LogP contribution is -2.31. The van der Waals surface area contributed by atoms with Crippen LogP contribution in [0, 0.1) is 0 Å². The highest BCUT2D eigenvalue weighted by Crippen LogP contribution is 2.31. The predicted molar refractivity (Wildman–Crippen MR) is 102 cm³/mol. The van der Waals surface area contributed by atoms with Crippen LogP contribution in [-0.2, 0) is 6.54 Å². The first-order chi connectivity index (χ1) is 11.8. The van der Waals surface area contributed by atoms with Crippen LogP contribution in [0.4, 0.5) is 0 Å². The van der Waals surface area contributed by atoms with Crippen LogP contribution in [0.15, 0.2) is 36.5 Å². The molecule has 3 aromatic rings. The summed E-state index contributed by atoms with van der Waals surface area (Å²) in [6.07, 6.45) is 1.60. The smallest absolute Gasteiger partial charge is 0.281 e. The highest BCUT2D eigenvalue weighted by Gasteiger charge is 2.11. The van der Waals surface area contributed by atoms with Crippen molar-refractivity contribution >= 4 is 45.0 Å². The van der Waals surface area contributed by atoms with Gasteiger partial charge >= 0.3 is 0 Å². The Morgan fingerprint density at radius 2 is 1.96 bits per heavy atom. The molecule has 4 nitrogen and oxygen atoms in total. The standard InChI is InChI=1S/C17H16ClN3OS2/c18-13-9-15-16(19-10-13)20-17(24-15)22-14-3-1-12(2-4-14)11-21-5-7-23-8-6-21/h1-4,9-10H,5-8,11H2. The Balaban J connectivity index is 1.44. The number of thioether (sulfide) groups is 1. The molecule has 0 bridgehead atoms. The van der Waals surface area contributed by atoms with E-state index in [1.165, 1.54) is 41.5 Å². The average Bonchev–Trinajstić information content (AvgIpc) is 2.99. The number of nitrogens with zero attached hydrogens (tertiary/aromatic N) is 3. The minimum absolute atomic E-state index is 0.584. The fraction of sp³-hybridized carbons (Fsp3) is 0.294. The van der Waals surface area contributed by atoms with Crippen molar-refractivity contribution in [2.75, 3.05) is 24.6 Å². The van der Waals surface area contributed by atoms with Gasteiger partial charge in [-0.3, -0.25) is 4.90 Å². The average molecular weight is 378 g/mol. The molecule has 1 aliphatic rings. The molecule has 7 heteroatoms. The molecule has 0 amide bonds. The van der Waals surface area contributed by atoms with Gasteiger partial charge in [-0.1, -0.05) is 35.1 Å². The van der Waals surface area contributed by atoms with Gasteiger partial charge < -0.3 is 4.74 Å². The molecule has 4 rings (SSSR count). The Morgan fingerprint density at radius 1 is 1.17 bits per heavy atom. The number of fused-ring (bicyclic) bond motifs is 1. The third-order valence-electron chi connectivity index (χ3n) is 3.83. The van der Waals surface area contributed by atoms with E-state index < -0.39 is 0 Å². The molecule has 0 unspecified atom stereocenters. The predicted octanol–water partition coefficient (Wildman–Crippen LogP) is 4.69. The van der Waals surface area contributed by atoms with E-state index in [-0.39, 0.29) is 0 Å².